The summed E-state index contributed by atoms with van der Waals surface area (Å²) in [5.41, 5.74) is 2.25. The summed E-state index contributed by atoms with van der Waals surface area (Å²) in [4.78, 5) is 12.3. The Morgan fingerprint density at radius 1 is 1.14 bits per heavy atom. The highest BCUT2D eigenvalue weighted by molar-refractivity contribution is 5.96. The van der Waals surface area contributed by atoms with Crippen LogP contribution < -0.4 is 5.62 Å². The van der Waals surface area contributed by atoms with Crippen LogP contribution in [0.4, 0.5) is 4.39 Å². The Morgan fingerprint density at radius 3 is 2.57 bits per heavy atom. The molecule has 0 saturated carbocycles. The van der Waals surface area contributed by atoms with E-state index in [1.54, 1.807) is 22.2 Å². The van der Waals surface area contributed by atoms with Crippen LogP contribution in [0.25, 0.3) is 11.0 Å². The minimum absolute atomic E-state index is 0.0175. The fraction of sp³-hybridized carbons (Fsp3) is 0.125. The van der Waals surface area contributed by atoms with Gasteiger partial charge in [0.05, 0.1) is 17.6 Å². The van der Waals surface area contributed by atoms with E-state index in [9.17, 15) is 9.18 Å². The van der Waals surface area contributed by atoms with Crippen LogP contribution in [0.1, 0.15) is 10.4 Å². The minimum atomic E-state index is -0.435. The topological polar surface area (TPSA) is 50.8 Å². The number of benzene rings is 2. The van der Waals surface area contributed by atoms with Crippen LogP contribution in [0, 0.1) is 11.2 Å². The molecule has 0 unspecified atom stereocenters. The molecule has 0 saturated heterocycles. The molecule has 21 heavy (non-hydrogen) atoms. The Bertz CT molecular complexity index is 892. The van der Waals surface area contributed by atoms with E-state index < -0.39 is 5.82 Å². The van der Waals surface area contributed by atoms with Gasteiger partial charge in [-0.25, -0.2) is 4.39 Å². The molecule has 1 heterocycles. The van der Waals surface area contributed by atoms with Gasteiger partial charge in [0.25, 0.3) is 0 Å². The molecular formula is C16H14FN3O. The van der Waals surface area contributed by atoms with Crippen LogP contribution in [-0.4, -0.2) is 14.9 Å². The lowest BCUT2D eigenvalue weighted by Gasteiger charge is -2.04. The Kier molecular flexibility index (Phi) is 3.17. The summed E-state index contributed by atoms with van der Waals surface area (Å²) in [6.07, 6.45) is 0. The van der Waals surface area contributed by atoms with Gasteiger partial charge in [0, 0.05) is 12.6 Å². The predicted molar refractivity (Wildman–Crippen MR) is 77.5 cm³/mol. The van der Waals surface area contributed by atoms with Gasteiger partial charge in [0.15, 0.2) is 5.78 Å². The summed E-state index contributed by atoms with van der Waals surface area (Å²) in [5.74, 6) is -0.654. The first-order valence-electron chi connectivity index (χ1n) is 6.55. The first-order chi connectivity index (χ1) is 10.1. The second-order valence-electron chi connectivity index (χ2n) is 4.89. The lowest BCUT2D eigenvalue weighted by Crippen LogP contribution is -2.25. The molecule has 106 valence electrons. The van der Waals surface area contributed by atoms with Gasteiger partial charge in [0.2, 0.25) is 5.62 Å². The Hall–Kier alpha value is -2.69. The average Bonchev–Trinajstić information content (AvgIpc) is 2.73. The van der Waals surface area contributed by atoms with Crippen LogP contribution in [-0.2, 0) is 13.6 Å². The van der Waals surface area contributed by atoms with Gasteiger partial charge in [-0.05, 0) is 24.3 Å². The largest absolute Gasteiger partial charge is 0.313 e. The molecule has 2 aromatic carbocycles. The van der Waals surface area contributed by atoms with Crippen molar-refractivity contribution < 1.29 is 9.18 Å². The zero-order valence-electron chi connectivity index (χ0n) is 11.5. The van der Waals surface area contributed by atoms with E-state index in [1.165, 1.54) is 18.2 Å². The van der Waals surface area contributed by atoms with E-state index in [1.807, 2.05) is 24.3 Å². The molecular weight excluding hydrogens is 269 g/mol. The van der Waals surface area contributed by atoms with Gasteiger partial charge in [-0.1, -0.05) is 24.3 Å². The summed E-state index contributed by atoms with van der Waals surface area (Å²) in [7, 11) is 1.79. The van der Waals surface area contributed by atoms with Gasteiger partial charge >= 0.3 is 0 Å². The fourth-order valence-electron chi connectivity index (χ4n) is 2.44. The molecule has 3 rings (SSSR count). The smallest absolute Gasteiger partial charge is 0.203 e. The van der Waals surface area contributed by atoms with Crippen molar-refractivity contribution in [3.8, 4) is 0 Å². The highest BCUT2D eigenvalue weighted by Gasteiger charge is 2.13. The number of aryl methyl sites for hydroxylation is 1. The van der Waals surface area contributed by atoms with Crippen LogP contribution >= 0.6 is 0 Å². The summed E-state index contributed by atoms with van der Waals surface area (Å²) in [5, 5.41) is 8.12. The third-order valence-corrected chi connectivity index (χ3v) is 3.56. The molecule has 0 aliphatic carbocycles. The van der Waals surface area contributed by atoms with Crippen molar-refractivity contribution in [3.05, 3.63) is 65.5 Å². The second-order valence-corrected chi connectivity index (χ2v) is 4.89. The molecule has 1 aromatic heterocycles. The number of aromatic nitrogens is 2. The maximum absolute atomic E-state index is 13.2. The van der Waals surface area contributed by atoms with Crippen LogP contribution in [0.2, 0.25) is 0 Å². The Labute approximate surface area is 120 Å². The highest BCUT2D eigenvalue weighted by Crippen LogP contribution is 2.13. The van der Waals surface area contributed by atoms with Crippen molar-refractivity contribution in [1.29, 1.82) is 5.41 Å². The SMILES string of the molecule is Cn1c(=N)n(CC(=O)c2cccc(F)c2)c2ccccc21. The second kappa shape index (κ2) is 5.01. The average molecular weight is 283 g/mol. The van der Waals surface area contributed by atoms with Gasteiger partial charge in [-0.15, -0.1) is 0 Å². The standard InChI is InChI=1S/C16H14FN3O/c1-19-13-7-2-3-8-14(13)20(16(19)18)10-15(21)11-5-4-6-12(17)9-11/h2-9,18H,10H2,1H3. The maximum Gasteiger partial charge on any atom is 0.203 e. The number of Topliss-reactive ketones (excluding diaryl/α,β-unsaturated/α-hetero) is 1. The number of para-hydroxylation sites is 2. The van der Waals surface area contributed by atoms with E-state index >= 15 is 0 Å². The molecule has 3 aromatic rings. The van der Waals surface area contributed by atoms with E-state index in [2.05, 4.69) is 0 Å². The molecule has 0 amide bonds. The predicted octanol–water partition coefficient (Wildman–Crippen LogP) is 2.48. The van der Waals surface area contributed by atoms with Gasteiger partial charge < -0.3 is 9.13 Å². The monoisotopic (exact) mass is 283 g/mol. The first-order valence-corrected chi connectivity index (χ1v) is 6.55. The van der Waals surface area contributed by atoms with Crippen molar-refractivity contribution in [2.75, 3.05) is 0 Å². The minimum Gasteiger partial charge on any atom is -0.313 e. The lowest BCUT2D eigenvalue weighted by molar-refractivity contribution is 0.0971. The van der Waals surface area contributed by atoms with E-state index in [0.717, 1.165) is 11.0 Å². The Balaban J connectivity index is 2.05. The van der Waals surface area contributed by atoms with Crippen LogP contribution in [0.3, 0.4) is 0 Å². The van der Waals surface area contributed by atoms with Gasteiger partial charge in [-0.3, -0.25) is 10.2 Å². The lowest BCUT2D eigenvalue weighted by atomic mass is 10.1. The molecule has 0 aliphatic heterocycles. The quantitative estimate of drug-likeness (QED) is 0.738. The number of rotatable bonds is 3. The van der Waals surface area contributed by atoms with E-state index in [-0.39, 0.29) is 17.9 Å². The number of carbonyl (C=O) groups is 1. The number of halogens is 1. The number of carbonyl (C=O) groups excluding carboxylic acids is 1. The molecule has 0 atom stereocenters. The summed E-state index contributed by atoms with van der Waals surface area (Å²) in [6.45, 7) is 0.0175. The summed E-state index contributed by atoms with van der Waals surface area (Å²) >= 11 is 0. The Morgan fingerprint density at radius 2 is 1.86 bits per heavy atom. The number of ketones is 1. The number of hydrogen-bond acceptors (Lipinski definition) is 2. The number of nitrogens with one attached hydrogen (secondary N) is 1. The molecule has 4 nitrogen and oxygen atoms in total. The third-order valence-electron chi connectivity index (χ3n) is 3.56. The fourth-order valence-corrected chi connectivity index (χ4v) is 2.44. The first kappa shape index (κ1) is 13.3. The summed E-state index contributed by atoms with van der Waals surface area (Å²) in [6, 6.07) is 13.1. The molecule has 0 spiro atoms. The zero-order chi connectivity index (χ0) is 15.0. The van der Waals surface area contributed by atoms with E-state index in [0.29, 0.717) is 5.56 Å². The van der Waals surface area contributed by atoms with Gasteiger partial charge in [-0.2, -0.15) is 0 Å². The van der Waals surface area contributed by atoms with Crippen molar-refractivity contribution in [2.45, 2.75) is 6.54 Å². The number of hydrogen-bond donors (Lipinski definition) is 1. The normalized spacial score (nSPS) is 11.0. The molecule has 0 aliphatic rings. The highest BCUT2D eigenvalue weighted by atomic mass is 19.1. The molecule has 0 radical (unpaired) electrons. The molecule has 0 fully saturated rings. The molecule has 5 heteroatoms. The van der Waals surface area contributed by atoms with Crippen LogP contribution in [0.5, 0.6) is 0 Å². The van der Waals surface area contributed by atoms with Crippen molar-refractivity contribution >= 4 is 16.8 Å². The molecule has 0 bridgehead atoms. The third kappa shape index (κ3) is 2.27. The van der Waals surface area contributed by atoms with Crippen LogP contribution in [0.15, 0.2) is 48.5 Å². The van der Waals surface area contributed by atoms with Crippen molar-refractivity contribution in [2.24, 2.45) is 7.05 Å². The molecule has 1 N–H and O–H groups in total. The summed E-state index contributed by atoms with van der Waals surface area (Å²) < 4.78 is 16.5. The maximum atomic E-state index is 13.2. The van der Waals surface area contributed by atoms with Crippen molar-refractivity contribution in [1.82, 2.24) is 9.13 Å². The number of fused-ring (bicyclic) bond motifs is 1. The van der Waals surface area contributed by atoms with Gasteiger partial charge in [0.1, 0.15) is 5.82 Å². The zero-order valence-corrected chi connectivity index (χ0v) is 11.5. The number of nitrogens with zero attached hydrogens (tertiary/aromatic N) is 2. The van der Waals surface area contributed by atoms with Crippen molar-refractivity contribution in [3.63, 3.8) is 0 Å². The number of imidazole rings is 1. The van der Waals surface area contributed by atoms with E-state index in [4.69, 9.17) is 5.41 Å².